The van der Waals surface area contributed by atoms with Gasteiger partial charge in [-0.3, -0.25) is 9.59 Å². The standard InChI is InChI=1S/C13H17ClN2O2/c1-16(9-12(15)17)13(18)4-2-3-10-5-7-11(14)8-6-10/h5-8H,2-4,9H2,1H3,(H2,15,17). The fourth-order valence-corrected chi connectivity index (χ4v) is 1.73. The van der Waals surface area contributed by atoms with Crippen LogP contribution < -0.4 is 5.73 Å². The van der Waals surface area contributed by atoms with E-state index in [4.69, 9.17) is 17.3 Å². The highest BCUT2D eigenvalue weighted by Crippen LogP contribution is 2.11. The Morgan fingerprint density at radius 2 is 1.89 bits per heavy atom. The molecule has 4 nitrogen and oxygen atoms in total. The molecule has 1 aromatic carbocycles. The highest BCUT2D eigenvalue weighted by Gasteiger charge is 2.10. The van der Waals surface area contributed by atoms with Crippen LogP contribution in [0.2, 0.25) is 5.02 Å². The van der Waals surface area contributed by atoms with Crippen LogP contribution in [0.3, 0.4) is 0 Å². The van der Waals surface area contributed by atoms with Crippen molar-refractivity contribution in [2.45, 2.75) is 19.3 Å². The van der Waals surface area contributed by atoms with Crippen LogP contribution in [0.5, 0.6) is 0 Å². The van der Waals surface area contributed by atoms with Gasteiger partial charge in [-0.15, -0.1) is 0 Å². The summed E-state index contributed by atoms with van der Waals surface area (Å²) in [6, 6.07) is 7.55. The largest absolute Gasteiger partial charge is 0.368 e. The van der Waals surface area contributed by atoms with Crippen molar-refractivity contribution in [1.29, 1.82) is 0 Å². The van der Waals surface area contributed by atoms with Crippen LogP contribution >= 0.6 is 11.6 Å². The summed E-state index contributed by atoms with van der Waals surface area (Å²) in [6.07, 6.45) is 1.96. The lowest BCUT2D eigenvalue weighted by atomic mass is 10.1. The van der Waals surface area contributed by atoms with Crippen LogP contribution in [0.25, 0.3) is 0 Å². The number of aryl methyl sites for hydroxylation is 1. The third-order valence-corrected chi connectivity index (χ3v) is 2.84. The Kier molecular flexibility index (Phi) is 5.65. The molecule has 98 valence electrons. The summed E-state index contributed by atoms with van der Waals surface area (Å²) >= 11 is 5.78. The maximum Gasteiger partial charge on any atom is 0.237 e. The molecule has 0 fully saturated rings. The molecule has 0 atom stereocenters. The molecular weight excluding hydrogens is 252 g/mol. The zero-order valence-corrected chi connectivity index (χ0v) is 11.1. The molecule has 0 radical (unpaired) electrons. The van der Waals surface area contributed by atoms with Crippen molar-refractivity contribution in [3.05, 3.63) is 34.9 Å². The van der Waals surface area contributed by atoms with Gasteiger partial charge in [0.15, 0.2) is 0 Å². The summed E-state index contributed by atoms with van der Waals surface area (Å²) in [6.45, 7) is -0.0280. The number of carbonyl (C=O) groups is 2. The Balaban J connectivity index is 2.31. The molecule has 0 unspecified atom stereocenters. The van der Waals surface area contributed by atoms with Gasteiger partial charge in [-0.1, -0.05) is 23.7 Å². The highest BCUT2D eigenvalue weighted by molar-refractivity contribution is 6.30. The lowest BCUT2D eigenvalue weighted by Gasteiger charge is -2.14. The molecule has 18 heavy (non-hydrogen) atoms. The zero-order valence-electron chi connectivity index (χ0n) is 10.4. The van der Waals surface area contributed by atoms with Crippen LogP contribution in [0, 0.1) is 0 Å². The quantitative estimate of drug-likeness (QED) is 0.852. The van der Waals surface area contributed by atoms with Crippen LogP contribution in [-0.4, -0.2) is 30.3 Å². The first-order valence-electron chi connectivity index (χ1n) is 5.75. The fourth-order valence-electron chi connectivity index (χ4n) is 1.61. The summed E-state index contributed by atoms with van der Waals surface area (Å²) in [4.78, 5) is 23.6. The first kappa shape index (κ1) is 14.5. The van der Waals surface area contributed by atoms with Crippen molar-refractivity contribution >= 4 is 23.4 Å². The molecule has 0 saturated heterocycles. The number of benzene rings is 1. The van der Waals surface area contributed by atoms with E-state index in [-0.39, 0.29) is 12.5 Å². The number of hydrogen-bond donors (Lipinski definition) is 1. The van der Waals surface area contributed by atoms with Gasteiger partial charge < -0.3 is 10.6 Å². The Labute approximate surface area is 112 Å². The van der Waals surface area contributed by atoms with Crippen molar-refractivity contribution in [2.24, 2.45) is 5.73 Å². The lowest BCUT2D eigenvalue weighted by Crippen LogP contribution is -2.35. The van der Waals surface area contributed by atoms with Crippen molar-refractivity contribution in [2.75, 3.05) is 13.6 Å². The Hall–Kier alpha value is -1.55. The van der Waals surface area contributed by atoms with E-state index in [1.165, 1.54) is 4.90 Å². The Bertz CT molecular complexity index is 418. The SMILES string of the molecule is CN(CC(N)=O)C(=O)CCCc1ccc(Cl)cc1. The first-order chi connectivity index (χ1) is 8.49. The second-order valence-electron chi connectivity index (χ2n) is 4.20. The zero-order chi connectivity index (χ0) is 13.5. The van der Waals surface area contributed by atoms with Crippen LogP contribution in [0.15, 0.2) is 24.3 Å². The van der Waals surface area contributed by atoms with E-state index in [2.05, 4.69) is 0 Å². The topological polar surface area (TPSA) is 63.4 Å². The number of nitrogens with zero attached hydrogens (tertiary/aromatic N) is 1. The number of carbonyl (C=O) groups excluding carboxylic acids is 2. The molecular formula is C13H17ClN2O2. The third kappa shape index (κ3) is 5.19. The number of primary amides is 1. The van der Waals surface area contributed by atoms with E-state index in [0.29, 0.717) is 11.4 Å². The normalized spacial score (nSPS) is 10.1. The molecule has 2 N–H and O–H groups in total. The van der Waals surface area contributed by atoms with E-state index in [9.17, 15) is 9.59 Å². The second kappa shape index (κ2) is 7.01. The van der Waals surface area contributed by atoms with Crippen molar-refractivity contribution in [3.8, 4) is 0 Å². The number of hydrogen-bond acceptors (Lipinski definition) is 2. The third-order valence-electron chi connectivity index (χ3n) is 2.59. The molecule has 0 aliphatic rings. The van der Waals surface area contributed by atoms with Gasteiger partial charge in [-0.05, 0) is 30.5 Å². The Morgan fingerprint density at radius 1 is 1.28 bits per heavy atom. The van der Waals surface area contributed by atoms with Gasteiger partial charge in [-0.25, -0.2) is 0 Å². The number of halogens is 1. The van der Waals surface area contributed by atoms with Crippen molar-refractivity contribution in [3.63, 3.8) is 0 Å². The van der Waals surface area contributed by atoms with Gasteiger partial charge in [0.2, 0.25) is 11.8 Å². The van der Waals surface area contributed by atoms with E-state index in [1.807, 2.05) is 24.3 Å². The van der Waals surface area contributed by atoms with Crippen LogP contribution in [0.1, 0.15) is 18.4 Å². The molecule has 2 amide bonds. The summed E-state index contributed by atoms with van der Waals surface area (Å²) in [7, 11) is 1.58. The van der Waals surface area contributed by atoms with E-state index < -0.39 is 5.91 Å². The highest BCUT2D eigenvalue weighted by atomic mass is 35.5. The van der Waals surface area contributed by atoms with E-state index >= 15 is 0 Å². The summed E-state index contributed by atoms with van der Waals surface area (Å²) in [5.74, 6) is -0.564. The smallest absolute Gasteiger partial charge is 0.237 e. The molecule has 1 rings (SSSR count). The fraction of sp³-hybridized carbons (Fsp3) is 0.385. The average Bonchev–Trinajstić information content (AvgIpc) is 2.30. The van der Waals surface area contributed by atoms with Crippen molar-refractivity contribution < 1.29 is 9.59 Å². The lowest BCUT2D eigenvalue weighted by molar-refractivity contribution is -0.133. The molecule has 0 bridgehead atoms. The van der Waals surface area contributed by atoms with Crippen LogP contribution in [0.4, 0.5) is 0 Å². The predicted molar refractivity (Wildman–Crippen MR) is 71.2 cm³/mol. The second-order valence-corrected chi connectivity index (χ2v) is 4.63. The number of nitrogens with two attached hydrogens (primary N) is 1. The molecule has 0 aliphatic heterocycles. The molecule has 5 heteroatoms. The molecule has 0 saturated carbocycles. The minimum absolute atomic E-state index is 0.0280. The number of rotatable bonds is 6. The molecule has 0 spiro atoms. The average molecular weight is 269 g/mol. The molecule has 0 heterocycles. The summed E-state index contributed by atoms with van der Waals surface area (Å²) in [5, 5.41) is 0.705. The number of amides is 2. The molecule has 0 aliphatic carbocycles. The maximum atomic E-state index is 11.6. The van der Waals surface area contributed by atoms with Gasteiger partial charge >= 0.3 is 0 Å². The van der Waals surface area contributed by atoms with Gasteiger partial charge in [0.05, 0.1) is 6.54 Å². The summed E-state index contributed by atoms with van der Waals surface area (Å²) in [5.41, 5.74) is 6.16. The Morgan fingerprint density at radius 3 is 2.44 bits per heavy atom. The van der Waals surface area contributed by atoms with Gasteiger partial charge in [-0.2, -0.15) is 0 Å². The van der Waals surface area contributed by atoms with E-state index in [1.54, 1.807) is 7.05 Å². The maximum absolute atomic E-state index is 11.6. The van der Waals surface area contributed by atoms with Crippen LogP contribution in [-0.2, 0) is 16.0 Å². The van der Waals surface area contributed by atoms with E-state index in [0.717, 1.165) is 18.4 Å². The first-order valence-corrected chi connectivity index (χ1v) is 6.13. The molecule has 0 aromatic heterocycles. The monoisotopic (exact) mass is 268 g/mol. The predicted octanol–water partition coefficient (Wildman–Crippen LogP) is 1.61. The van der Waals surface area contributed by atoms with Gasteiger partial charge in [0, 0.05) is 18.5 Å². The van der Waals surface area contributed by atoms with Crippen molar-refractivity contribution in [1.82, 2.24) is 4.90 Å². The number of likely N-dealkylation sites (N-methyl/N-ethyl adjacent to an activating group) is 1. The minimum Gasteiger partial charge on any atom is -0.368 e. The molecule has 1 aromatic rings. The summed E-state index contributed by atoms with van der Waals surface area (Å²) < 4.78 is 0. The van der Waals surface area contributed by atoms with Gasteiger partial charge in [0.25, 0.3) is 0 Å². The van der Waals surface area contributed by atoms with Gasteiger partial charge in [0.1, 0.15) is 0 Å². The minimum atomic E-state index is -0.497.